The van der Waals surface area contributed by atoms with Crippen molar-refractivity contribution in [2.24, 2.45) is 5.92 Å². The smallest absolute Gasteiger partial charge is 0.316 e. The highest BCUT2D eigenvalue weighted by Gasteiger charge is 2.52. The molecule has 2 aromatic carbocycles. The number of benzene rings is 2. The highest BCUT2D eigenvalue weighted by atomic mass is 35.5. The zero-order valence-electron chi connectivity index (χ0n) is 20.5. The van der Waals surface area contributed by atoms with E-state index in [4.69, 9.17) is 21.1 Å². The molecule has 2 fully saturated rings. The zero-order valence-corrected chi connectivity index (χ0v) is 22.0. The molecule has 10 heteroatoms. The molecular formula is C26H31ClN2O6S. The van der Waals surface area contributed by atoms with Gasteiger partial charge >= 0.3 is 5.97 Å². The highest BCUT2D eigenvalue weighted by Crippen LogP contribution is 2.49. The van der Waals surface area contributed by atoms with Gasteiger partial charge in [0.15, 0.2) is 0 Å². The number of rotatable bonds is 9. The van der Waals surface area contributed by atoms with Crippen molar-refractivity contribution in [3.63, 3.8) is 0 Å². The largest absolute Gasteiger partial charge is 0.492 e. The minimum absolute atomic E-state index is 0.0380. The first-order chi connectivity index (χ1) is 17.2. The summed E-state index contributed by atoms with van der Waals surface area (Å²) in [5, 5.41) is 3.24. The van der Waals surface area contributed by atoms with Crippen molar-refractivity contribution in [1.82, 2.24) is 4.31 Å². The number of carbonyl (C=O) groups is 2. The summed E-state index contributed by atoms with van der Waals surface area (Å²) in [4.78, 5) is 25.2. The summed E-state index contributed by atoms with van der Waals surface area (Å²) in [6.07, 6.45) is 2.33. The maximum atomic E-state index is 13.3. The molecule has 0 radical (unpaired) electrons. The number of hydrogen-bond acceptors (Lipinski definition) is 6. The molecule has 8 nitrogen and oxygen atoms in total. The van der Waals surface area contributed by atoms with Gasteiger partial charge in [-0.3, -0.25) is 9.59 Å². The van der Waals surface area contributed by atoms with Crippen LogP contribution in [0, 0.1) is 5.92 Å². The van der Waals surface area contributed by atoms with Crippen LogP contribution >= 0.6 is 11.6 Å². The molecule has 1 aliphatic heterocycles. The number of ether oxygens (including phenoxy) is 2. The molecule has 1 aliphatic carbocycles. The maximum Gasteiger partial charge on any atom is 0.316 e. The van der Waals surface area contributed by atoms with E-state index >= 15 is 0 Å². The lowest BCUT2D eigenvalue weighted by Crippen LogP contribution is -2.41. The van der Waals surface area contributed by atoms with Crippen molar-refractivity contribution in [1.29, 1.82) is 0 Å². The van der Waals surface area contributed by atoms with Crippen LogP contribution in [0.4, 0.5) is 5.69 Å². The number of amides is 1. The monoisotopic (exact) mass is 534 g/mol. The molecule has 0 spiro atoms. The van der Waals surface area contributed by atoms with Gasteiger partial charge in [-0.1, -0.05) is 23.7 Å². The van der Waals surface area contributed by atoms with Crippen molar-refractivity contribution in [2.45, 2.75) is 49.8 Å². The first-order valence-electron chi connectivity index (χ1n) is 12.2. The third kappa shape index (κ3) is 5.38. The van der Waals surface area contributed by atoms with Crippen molar-refractivity contribution in [2.75, 3.05) is 31.6 Å². The second kappa shape index (κ2) is 10.8. The Morgan fingerprint density at radius 2 is 1.72 bits per heavy atom. The van der Waals surface area contributed by atoms with Gasteiger partial charge in [-0.05, 0) is 75.4 Å². The molecular weight excluding hydrogens is 504 g/mol. The Morgan fingerprint density at radius 3 is 2.31 bits per heavy atom. The summed E-state index contributed by atoms with van der Waals surface area (Å²) in [5.74, 6) is -0.393. The van der Waals surface area contributed by atoms with E-state index in [1.807, 2.05) is 12.1 Å². The first-order valence-corrected chi connectivity index (χ1v) is 14.0. The molecule has 4 rings (SSSR count). The molecule has 1 saturated carbocycles. The SMILES string of the molecule is CCOC(=O)C1(c2ccc(NC(=O)C3CCN(S(=O)(=O)c4cc(Cl)ccc4OCC)CC3)cc2)CC1. The quantitative estimate of drug-likeness (QED) is 0.479. The van der Waals surface area contributed by atoms with Crippen LogP contribution in [-0.2, 0) is 29.8 Å². The summed E-state index contributed by atoms with van der Waals surface area (Å²) in [5.41, 5.74) is 0.977. The Hall–Kier alpha value is -2.62. The van der Waals surface area contributed by atoms with E-state index in [0.29, 0.717) is 36.8 Å². The van der Waals surface area contributed by atoms with Gasteiger partial charge in [-0.2, -0.15) is 4.31 Å². The number of nitrogens with zero attached hydrogens (tertiary/aromatic N) is 1. The molecule has 0 atom stereocenters. The minimum atomic E-state index is -3.82. The Labute approximate surface area is 217 Å². The van der Waals surface area contributed by atoms with E-state index in [0.717, 1.165) is 18.4 Å². The zero-order chi connectivity index (χ0) is 25.9. The lowest BCUT2D eigenvalue weighted by Gasteiger charge is -2.31. The topological polar surface area (TPSA) is 102 Å². The Bertz CT molecular complexity index is 1220. The number of carbonyl (C=O) groups excluding carboxylic acids is 2. The van der Waals surface area contributed by atoms with Crippen molar-refractivity contribution >= 4 is 39.2 Å². The van der Waals surface area contributed by atoms with Gasteiger partial charge in [0.1, 0.15) is 10.6 Å². The second-order valence-electron chi connectivity index (χ2n) is 9.07. The second-order valence-corrected chi connectivity index (χ2v) is 11.4. The number of hydrogen-bond donors (Lipinski definition) is 1. The van der Waals surface area contributed by atoms with Crippen molar-refractivity contribution in [3.05, 3.63) is 53.1 Å². The van der Waals surface area contributed by atoms with E-state index in [2.05, 4.69) is 5.32 Å². The van der Waals surface area contributed by atoms with E-state index in [1.54, 1.807) is 38.1 Å². The Kier molecular flexibility index (Phi) is 7.92. The van der Waals surface area contributed by atoms with Gasteiger partial charge in [-0.15, -0.1) is 0 Å². The van der Waals surface area contributed by atoms with Gasteiger partial charge in [0.25, 0.3) is 0 Å². The number of esters is 1. The average Bonchev–Trinajstić information content (AvgIpc) is 3.68. The first kappa shape index (κ1) is 26.4. The summed E-state index contributed by atoms with van der Waals surface area (Å²) in [6.45, 7) is 4.70. The van der Waals surface area contributed by atoms with E-state index in [9.17, 15) is 18.0 Å². The van der Waals surface area contributed by atoms with Gasteiger partial charge in [0.2, 0.25) is 15.9 Å². The molecule has 0 unspecified atom stereocenters. The summed E-state index contributed by atoms with van der Waals surface area (Å²) in [7, 11) is -3.82. The number of piperidine rings is 1. The van der Waals surface area contributed by atoms with Crippen LogP contribution in [0.5, 0.6) is 5.75 Å². The number of halogens is 1. The fourth-order valence-electron chi connectivity index (χ4n) is 4.58. The van der Waals surface area contributed by atoms with Crippen LogP contribution in [0.15, 0.2) is 47.4 Å². The summed E-state index contributed by atoms with van der Waals surface area (Å²) in [6, 6.07) is 11.8. The van der Waals surface area contributed by atoms with E-state index in [1.165, 1.54) is 10.4 Å². The van der Waals surface area contributed by atoms with Crippen LogP contribution in [-0.4, -0.2) is 50.9 Å². The van der Waals surface area contributed by atoms with Gasteiger partial charge in [0.05, 0.1) is 18.6 Å². The molecule has 36 heavy (non-hydrogen) atoms. The normalized spacial score (nSPS) is 17.9. The van der Waals surface area contributed by atoms with Crippen molar-refractivity contribution < 1.29 is 27.5 Å². The number of nitrogens with one attached hydrogen (secondary N) is 1. The Morgan fingerprint density at radius 1 is 1.06 bits per heavy atom. The minimum Gasteiger partial charge on any atom is -0.492 e. The van der Waals surface area contributed by atoms with E-state index in [-0.39, 0.29) is 41.5 Å². The maximum absolute atomic E-state index is 13.3. The van der Waals surface area contributed by atoms with E-state index < -0.39 is 15.4 Å². The molecule has 2 aliphatic rings. The average molecular weight is 535 g/mol. The predicted molar refractivity (Wildman–Crippen MR) is 137 cm³/mol. The number of anilines is 1. The van der Waals surface area contributed by atoms with Gasteiger partial charge < -0.3 is 14.8 Å². The summed E-state index contributed by atoms with van der Waals surface area (Å²) < 4.78 is 38.6. The number of sulfonamides is 1. The molecule has 1 heterocycles. The van der Waals surface area contributed by atoms with Crippen LogP contribution < -0.4 is 10.1 Å². The fraction of sp³-hybridized carbons (Fsp3) is 0.462. The van der Waals surface area contributed by atoms with Crippen LogP contribution in [0.25, 0.3) is 0 Å². The predicted octanol–water partition coefficient (Wildman–Crippen LogP) is 4.37. The molecule has 1 amide bonds. The van der Waals surface area contributed by atoms with Crippen molar-refractivity contribution in [3.8, 4) is 5.75 Å². The lowest BCUT2D eigenvalue weighted by molar-refractivity contribution is -0.146. The standard InChI is InChI=1S/C26H31ClN2O6S/c1-3-34-22-10-7-20(27)17-23(22)36(32,33)29-15-11-18(12-16-29)24(30)28-21-8-5-19(6-9-21)26(13-14-26)25(31)35-4-2/h5-10,17-18H,3-4,11-16H2,1-2H3,(H,28,30). The molecule has 1 N–H and O–H groups in total. The fourth-order valence-corrected chi connectivity index (χ4v) is 6.44. The lowest BCUT2D eigenvalue weighted by atomic mass is 9.95. The van der Waals surface area contributed by atoms with Crippen LogP contribution in [0.1, 0.15) is 45.1 Å². The Balaban J connectivity index is 1.36. The highest BCUT2D eigenvalue weighted by molar-refractivity contribution is 7.89. The summed E-state index contributed by atoms with van der Waals surface area (Å²) >= 11 is 6.06. The third-order valence-corrected chi connectivity index (χ3v) is 8.92. The molecule has 0 aromatic heterocycles. The van der Waals surface area contributed by atoms with Gasteiger partial charge in [0, 0.05) is 29.7 Å². The molecule has 1 saturated heterocycles. The van der Waals surface area contributed by atoms with Crippen LogP contribution in [0.3, 0.4) is 0 Å². The third-order valence-electron chi connectivity index (χ3n) is 6.77. The van der Waals surface area contributed by atoms with Gasteiger partial charge in [-0.25, -0.2) is 8.42 Å². The molecule has 0 bridgehead atoms. The van der Waals surface area contributed by atoms with Crippen LogP contribution in [0.2, 0.25) is 5.02 Å². The molecule has 194 valence electrons. The molecule has 2 aromatic rings.